The number of nitrogens with zero attached hydrogens (tertiary/aromatic N) is 2. The van der Waals surface area contributed by atoms with E-state index in [1.54, 1.807) is 0 Å². The number of hydrogen-bond donors (Lipinski definition) is 1. The van der Waals surface area contributed by atoms with Crippen molar-refractivity contribution < 1.29 is 4.79 Å². The van der Waals surface area contributed by atoms with Gasteiger partial charge in [0.15, 0.2) is 0 Å². The number of carbonyl (C=O) groups is 1. The average Bonchev–Trinajstić information content (AvgIpc) is 2.16. The molecule has 1 heterocycles. The van der Waals surface area contributed by atoms with Crippen LogP contribution in [0.15, 0.2) is 0 Å². The fraction of sp³-hybridized carbons (Fsp3) is 0.900. The van der Waals surface area contributed by atoms with Gasteiger partial charge in [-0.05, 0) is 20.8 Å². The highest BCUT2D eigenvalue weighted by molar-refractivity contribution is 5.79. The van der Waals surface area contributed by atoms with E-state index in [0.717, 1.165) is 13.1 Å². The summed E-state index contributed by atoms with van der Waals surface area (Å²) in [5.41, 5.74) is 5.59. The van der Waals surface area contributed by atoms with Gasteiger partial charge < -0.3 is 10.6 Å². The Kier molecular flexibility index (Phi) is 3.89. The quantitative estimate of drug-likeness (QED) is 0.690. The first-order valence-electron chi connectivity index (χ1n) is 5.33. The van der Waals surface area contributed by atoms with Crippen LogP contribution in [-0.4, -0.2) is 54.0 Å². The summed E-state index contributed by atoms with van der Waals surface area (Å²) in [6.07, 6.45) is 0. The molecular weight excluding hydrogens is 178 g/mol. The molecule has 0 aromatic carbocycles. The highest BCUT2D eigenvalue weighted by Crippen LogP contribution is 2.12. The van der Waals surface area contributed by atoms with Crippen LogP contribution in [0.5, 0.6) is 0 Å². The van der Waals surface area contributed by atoms with Gasteiger partial charge in [-0.25, -0.2) is 0 Å². The van der Waals surface area contributed by atoms with Crippen molar-refractivity contribution in [3.63, 3.8) is 0 Å². The second kappa shape index (κ2) is 4.75. The van der Waals surface area contributed by atoms with E-state index in [9.17, 15) is 4.79 Å². The third kappa shape index (κ3) is 2.25. The Balaban J connectivity index is 2.60. The smallest absolute Gasteiger partial charge is 0.237 e. The minimum atomic E-state index is 0.228. The first-order chi connectivity index (χ1) is 6.60. The van der Waals surface area contributed by atoms with E-state index < -0.39 is 0 Å². The minimum Gasteiger partial charge on any atom is -0.338 e. The van der Waals surface area contributed by atoms with Gasteiger partial charge in [-0.1, -0.05) is 0 Å². The van der Waals surface area contributed by atoms with Crippen LogP contribution < -0.4 is 5.73 Å². The maximum absolute atomic E-state index is 11.7. The van der Waals surface area contributed by atoms with Crippen LogP contribution in [0.3, 0.4) is 0 Å². The van der Waals surface area contributed by atoms with Crippen molar-refractivity contribution in [2.75, 3.05) is 26.2 Å². The third-order valence-corrected chi connectivity index (χ3v) is 2.99. The van der Waals surface area contributed by atoms with E-state index in [1.807, 2.05) is 11.8 Å². The number of hydrogen-bond acceptors (Lipinski definition) is 3. The molecule has 2 N–H and O–H groups in total. The van der Waals surface area contributed by atoms with Crippen molar-refractivity contribution in [2.45, 2.75) is 32.9 Å². The zero-order chi connectivity index (χ0) is 10.7. The molecule has 1 saturated heterocycles. The van der Waals surface area contributed by atoms with Crippen molar-refractivity contribution in [2.24, 2.45) is 5.73 Å². The van der Waals surface area contributed by atoms with Gasteiger partial charge in [-0.2, -0.15) is 0 Å². The molecule has 1 fully saturated rings. The monoisotopic (exact) mass is 199 g/mol. The summed E-state index contributed by atoms with van der Waals surface area (Å²) in [4.78, 5) is 15.8. The number of piperazine rings is 1. The van der Waals surface area contributed by atoms with E-state index >= 15 is 0 Å². The van der Waals surface area contributed by atoms with Crippen molar-refractivity contribution in [3.05, 3.63) is 0 Å². The van der Waals surface area contributed by atoms with E-state index in [1.165, 1.54) is 0 Å². The van der Waals surface area contributed by atoms with Gasteiger partial charge in [-0.3, -0.25) is 9.69 Å². The van der Waals surface area contributed by atoms with Gasteiger partial charge in [0.05, 0.1) is 6.54 Å². The van der Waals surface area contributed by atoms with Crippen LogP contribution >= 0.6 is 0 Å². The fourth-order valence-corrected chi connectivity index (χ4v) is 1.99. The van der Waals surface area contributed by atoms with Crippen LogP contribution in [-0.2, 0) is 4.79 Å². The Bertz CT molecular complexity index is 208. The Labute approximate surface area is 86.0 Å². The second-order valence-corrected chi connectivity index (χ2v) is 4.04. The van der Waals surface area contributed by atoms with Crippen molar-refractivity contribution in [3.8, 4) is 0 Å². The van der Waals surface area contributed by atoms with Gasteiger partial charge >= 0.3 is 0 Å². The summed E-state index contributed by atoms with van der Waals surface area (Å²) in [7, 11) is 0. The Hall–Kier alpha value is -0.610. The lowest BCUT2D eigenvalue weighted by atomic mass is 10.1. The predicted molar refractivity (Wildman–Crippen MR) is 56.9 cm³/mol. The van der Waals surface area contributed by atoms with Gasteiger partial charge in [-0.15, -0.1) is 0 Å². The summed E-state index contributed by atoms with van der Waals surface area (Å²) in [6, 6.07) is 0.621. The lowest BCUT2D eigenvalue weighted by Gasteiger charge is -2.41. The van der Waals surface area contributed by atoms with E-state index in [2.05, 4.69) is 18.7 Å². The topological polar surface area (TPSA) is 49.6 Å². The molecule has 2 atom stereocenters. The standard InChI is InChI=1S/C10H21N3O/c1-4-13-9(3)6-12(7-10(13)14)8(2)5-11/h8-9H,4-7,11H2,1-3H3. The lowest BCUT2D eigenvalue weighted by Crippen LogP contribution is -2.58. The molecule has 0 spiro atoms. The van der Waals surface area contributed by atoms with Gasteiger partial charge in [0.25, 0.3) is 0 Å². The summed E-state index contributed by atoms with van der Waals surface area (Å²) in [5, 5.41) is 0. The van der Waals surface area contributed by atoms with Crippen molar-refractivity contribution in [1.29, 1.82) is 0 Å². The summed E-state index contributed by atoms with van der Waals surface area (Å²) in [5.74, 6) is 0.228. The average molecular weight is 199 g/mol. The molecule has 2 unspecified atom stereocenters. The summed E-state index contributed by atoms with van der Waals surface area (Å²) in [6.45, 7) is 9.08. The first-order valence-corrected chi connectivity index (χ1v) is 5.33. The fourth-order valence-electron chi connectivity index (χ4n) is 1.99. The number of amides is 1. The maximum Gasteiger partial charge on any atom is 0.237 e. The molecule has 1 aliphatic heterocycles. The van der Waals surface area contributed by atoms with Crippen LogP contribution in [0.2, 0.25) is 0 Å². The summed E-state index contributed by atoms with van der Waals surface area (Å²) < 4.78 is 0. The molecule has 0 radical (unpaired) electrons. The Morgan fingerprint density at radius 3 is 2.71 bits per heavy atom. The normalized spacial score (nSPS) is 26.7. The molecule has 0 aromatic heterocycles. The molecule has 1 amide bonds. The SMILES string of the molecule is CCN1C(=O)CN(C(C)CN)CC1C. The molecule has 1 aliphatic rings. The van der Waals surface area contributed by atoms with E-state index in [-0.39, 0.29) is 5.91 Å². The molecular formula is C10H21N3O. The highest BCUT2D eigenvalue weighted by Gasteiger charge is 2.30. The Morgan fingerprint density at radius 1 is 1.64 bits per heavy atom. The van der Waals surface area contributed by atoms with E-state index in [0.29, 0.717) is 25.2 Å². The third-order valence-electron chi connectivity index (χ3n) is 2.99. The Morgan fingerprint density at radius 2 is 2.29 bits per heavy atom. The molecule has 0 aromatic rings. The van der Waals surface area contributed by atoms with Crippen LogP contribution in [0.4, 0.5) is 0 Å². The zero-order valence-electron chi connectivity index (χ0n) is 9.36. The highest BCUT2D eigenvalue weighted by atomic mass is 16.2. The largest absolute Gasteiger partial charge is 0.338 e. The molecule has 0 aliphatic carbocycles. The van der Waals surface area contributed by atoms with Crippen molar-refractivity contribution >= 4 is 5.91 Å². The minimum absolute atomic E-state index is 0.228. The summed E-state index contributed by atoms with van der Waals surface area (Å²) >= 11 is 0. The number of nitrogens with two attached hydrogens (primary N) is 1. The molecule has 14 heavy (non-hydrogen) atoms. The predicted octanol–water partition coefficient (Wildman–Crippen LogP) is -0.114. The maximum atomic E-state index is 11.7. The second-order valence-electron chi connectivity index (χ2n) is 4.04. The van der Waals surface area contributed by atoms with Crippen molar-refractivity contribution in [1.82, 2.24) is 9.80 Å². The van der Waals surface area contributed by atoms with Crippen LogP contribution in [0.25, 0.3) is 0 Å². The van der Waals surface area contributed by atoms with Crippen LogP contribution in [0.1, 0.15) is 20.8 Å². The van der Waals surface area contributed by atoms with Gasteiger partial charge in [0.1, 0.15) is 0 Å². The van der Waals surface area contributed by atoms with Gasteiger partial charge in [0.2, 0.25) is 5.91 Å². The molecule has 1 rings (SSSR count). The van der Waals surface area contributed by atoms with E-state index in [4.69, 9.17) is 5.73 Å². The zero-order valence-corrected chi connectivity index (χ0v) is 9.36. The number of rotatable bonds is 3. The van der Waals surface area contributed by atoms with Crippen LogP contribution in [0, 0.1) is 0 Å². The number of carbonyl (C=O) groups excluding carboxylic acids is 1. The lowest BCUT2D eigenvalue weighted by molar-refractivity contribution is -0.139. The molecule has 0 saturated carbocycles. The van der Waals surface area contributed by atoms with Gasteiger partial charge in [0, 0.05) is 31.7 Å². The molecule has 4 heteroatoms. The molecule has 82 valence electrons. The molecule has 4 nitrogen and oxygen atoms in total. The number of likely N-dealkylation sites (N-methyl/N-ethyl adjacent to an activating group) is 1. The molecule has 0 bridgehead atoms. The first kappa shape index (κ1) is 11.5.